The molecule has 0 saturated carbocycles. The number of carbonyl (C=O) groups excluding carboxylic acids is 3. The van der Waals surface area contributed by atoms with Crippen LogP contribution in [0.25, 0.3) is 10.8 Å². The van der Waals surface area contributed by atoms with Crippen molar-refractivity contribution in [3.63, 3.8) is 0 Å². The van der Waals surface area contributed by atoms with Gasteiger partial charge in [-0.2, -0.15) is 5.10 Å². The van der Waals surface area contributed by atoms with Gasteiger partial charge in [-0.25, -0.2) is 4.68 Å². The van der Waals surface area contributed by atoms with Crippen LogP contribution in [0, 0.1) is 6.92 Å². The lowest BCUT2D eigenvalue weighted by Crippen LogP contribution is -2.44. The van der Waals surface area contributed by atoms with Crippen LogP contribution < -0.4 is 21.7 Å². The van der Waals surface area contributed by atoms with Crippen LogP contribution in [0.5, 0.6) is 0 Å². The van der Waals surface area contributed by atoms with Gasteiger partial charge in [0, 0.05) is 18.9 Å². The molecule has 0 radical (unpaired) electrons. The van der Waals surface area contributed by atoms with Gasteiger partial charge in [-0.1, -0.05) is 67.8 Å². The average molecular weight is 478 g/mol. The lowest BCUT2D eigenvalue weighted by Gasteiger charge is -2.18. The van der Waals surface area contributed by atoms with Crippen LogP contribution in [0.1, 0.15) is 67.2 Å². The minimum atomic E-state index is -0.634. The maximum Gasteiger partial charge on any atom is 0.290 e. The molecule has 0 spiro atoms. The minimum absolute atomic E-state index is 0.0499. The van der Waals surface area contributed by atoms with Gasteiger partial charge in [-0.15, -0.1) is 0 Å². The molecule has 1 unspecified atom stereocenters. The molecule has 3 aromatic rings. The van der Waals surface area contributed by atoms with Crippen molar-refractivity contribution in [2.75, 3.05) is 0 Å². The molecular formula is C26H31N5O4. The number of rotatable bonds is 9. The van der Waals surface area contributed by atoms with E-state index in [1.165, 1.54) is 11.6 Å². The number of hydrazine groups is 1. The van der Waals surface area contributed by atoms with Crippen molar-refractivity contribution in [3.8, 4) is 0 Å². The summed E-state index contributed by atoms with van der Waals surface area (Å²) in [7, 11) is 0. The molecule has 0 saturated heterocycles. The highest BCUT2D eigenvalue weighted by atomic mass is 16.2. The second-order valence-corrected chi connectivity index (χ2v) is 8.50. The Balaban J connectivity index is 1.75. The van der Waals surface area contributed by atoms with Crippen LogP contribution >= 0.6 is 0 Å². The van der Waals surface area contributed by atoms with E-state index in [0.717, 1.165) is 30.4 Å². The van der Waals surface area contributed by atoms with Gasteiger partial charge in [0.1, 0.15) is 0 Å². The van der Waals surface area contributed by atoms with Crippen LogP contribution in [-0.4, -0.2) is 27.5 Å². The van der Waals surface area contributed by atoms with Gasteiger partial charge in [-0.05, 0) is 25.0 Å². The van der Waals surface area contributed by atoms with Crippen molar-refractivity contribution < 1.29 is 14.4 Å². The molecular weight excluding hydrogens is 446 g/mol. The van der Waals surface area contributed by atoms with Crippen molar-refractivity contribution in [1.82, 2.24) is 25.9 Å². The molecule has 1 atom stereocenters. The molecule has 3 N–H and O–H groups in total. The standard InChI is InChI=1S/C26H31N5O4/c1-4-5-8-15-31-26(35)21-10-7-6-9-20(21)24(30-31)25(34)29-28-23(33)16-22(27-18(3)32)19-13-11-17(2)12-14-19/h6-7,9-14,22H,4-5,8,15-16H2,1-3H3,(H,27,32)(H,28,33)(H,29,34). The van der Waals surface area contributed by atoms with Gasteiger partial charge in [0.15, 0.2) is 5.69 Å². The van der Waals surface area contributed by atoms with Gasteiger partial charge in [0.05, 0.1) is 17.8 Å². The van der Waals surface area contributed by atoms with Crippen molar-refractivity contribution in [1.29, 1.82) is 0 Å². The Morgan fingerprint density at radius 1 is 0.971 bits per heavy atom. The first-order valence-electron chi connectivity index (χ1n) is 11.7. The van der Waals surface area contributed by atoms with Gasteiger partial charge < -0.3 is 5.32 Å². The zero-order chi connectivity index (χ0) is 25.4. The first kappa shape index (κ1) is 25.6. The predicted molar refractivity (Wildman–Crippen MR) is 133 cm³/mol. The molecule has 3 amide bonds. The summed E-state index contributed by atoms with van der Waals surface area (Å²) in [5, 5.41) is 7.85. The maximum atomic E-state index is 13.0. The molecule has 0 aliphatic rings. The number of aryl methyl sites for hydroxylation is 2. The Labute approximate surface area is 203 Å². The zero-order valence-corrected chi connectivity index (χ0v) is 20.3. The first-order valence-corrected chi connectivity index (χ1v) is 11.7. The Bertz CT molecular complexity index is 1270. The summed E-state index contributed by atoms with van der Waals surface area (Å²) in [5.74, 6) is -1.39. The number of hydrogen-bond donors (Lipinski definition) is 3. The van der Waals surface area contributed by atoms with E-state index in [1.54, 1.807) is 24.3 Å². The van der Waals surface area contributed by atoms with Crippen LogP contribution in [0.3, 0.4) is 0 Å². The van der Waals surface area contributed by atoms with Crippen LogP contribution in [0.15, 0.2) is 53.3 Å². The fourth-order valence-electron chi connectivity index (χ4n) is 3.78. The molecule has 2 aromatic carbocycles. The monoisotopic (exact) mass is 477 g/mol. The molecule has 0 bridgehead atoms. The van der Waals surface area contributed by atoms with Crippen LogP contribution in [0.4, 0.5) is 0 Å². The average Bonchev–Trinajstić information content (AvgIpc) is 2.84. The summed E-state index contributed by atoms with van der Waals surface area (Å²) >= 11 is 0. The number of unbranched alkanes of at least 4 members (excludes halogenated alkanes) is 2. The fraction of sp³-hybridized carbons (Fsp3) is 0.346. The molecule has 9 nitrogen and oxygen atoms in total. The van der Waals surface area contributed by atoms with E-state index in [0.29, 0.717) is 17.3 Å². The molecule has 1 heterocycles. The number of amides is 3. The minimum Gasteiger partial charge on any atom is -0.349 e. The van der Waals surface area contributed by atoms with E-state index in [-0.39, 0.29) is 23.6 Å². The highest BCUT2D eigenvalue weighted by molar-refractivity contribution is 6.05. The van der Waals surface area contributed by atoms with E-state index in [9.17, 15) is 19.2 Å². The smallest absolute Gasteiger partial charge is 0.290 e. The van der Waals surface area contributed by atoms with Crippen molar-refractivity contribution in [2.45, 2.75) is 59.0 Å². The molecule has 0 aliphatic carbocycles. The summed E-state index contributed by atoms with van der Waals surface area (Å²) in [6, 6.07) is 13.7. The third-order valence-electron chi connectivity index (χ3n) is 5.62. The number of fused-ring (bicyclic) bond motifs is 1. The van der Waals surface area contributed by atoms with Gasteiger partial charge >= 0.3 is 0 Å². The van der Waals surface area contributed by atoms with Crippen molar-refractivity contribution in [3.05, 3.63) is 75.7 Å². The Morgan fingerprint density at radius 2 is 1.66 bits per heavy atom. The van der Waals surface area contributed by atoms with Crippen molar-refractivity contribution in [2.24, 2.45) is 0 Å². The summed E-state index contributed by atoms with van der Waals surface area (Å²) in [5.41, 5.74) is 6.42. The topological polar surface area (TPSA) is 122 Å². The number of benzene rings is 2. The summed E-state index contributed by atoms with van der Waals surface area (Å²) in [4.78, 5) is 50.0. The fourth-order valence-corrected chi connectivity index (χ4v) is 3.78. The molecule has 0 fully saturated rings. The SMILES string of the molecule is CCCCCn1nc(C(=O)NNC(=O)CC(NC(C)=O)c2ccc(C)cc2)c2ccccc2c1=O. The number of aromatic nitrogens is 2. The zero-order valence-electron chi connectivity index (χ0n) is 20.3. The Morgan fingerprint density at radius 3 is 2.31 bits per heavy atom. The summed E-state index contributed by atoms with van der Waals surface area (Å²) < 4.78 is 1.30. The van der Waals surface area contributed by atoms with Gasteiger partial charge in [-0.3, -0.25) is 30.0 Å². The van der Waals surface area contributed by atoms with E-state index in [2.05, 4.69) is 28.2 Å². The van der Waals surface area contributed by atoms with E-state index in [1.807, 2.05) is 31.2 Å². The number of nitrogens with one attached hydrogen (secondary N) is 3. The number of carbonyl (C=O) groups is 3. The number of nitrogens with zero attached hydrogens (tertiary/aromatic N) is 2. The normalized spacial score (nSPS) is 11.6. The van der Waals surface area contributed by atoms with E-state index < -0.39 is 17.9 Å². The van der Waals surface area contributed by atoms with Gasteiger partial charge in [0.2, 0.25) is 11.8 Å². The number of hydrogen-bond acceptors (Lipinski definition) is 5. The van der Waals surface area contributed by atoms with Gasteiger partial charge in [0.25, 0.3) is 11.5 Å². The third kappa shape index (κ3) is 6.75. The van der Waals surface area contributed by atoms with E-state index in [4.69, 9.17) is 0 Å². The highest BCUT2D eigenvalue weighted by Gasteiger charge is 2.20. The highest BCUT2D eigenvalue weighted by Crippen LogP contribution is 2.18. The lowest BCUT2D eigenvalue weighted by molar-refractivity contribution is -0.123. The molecule has 35 heavy (non-hydrogen) atoms. The van der Waals surface area contributed by atoms with Crippen molar-refractivity contribution >= 4 is 28.5 Å². The molecule has 9 heteroatoms. The van der Waals surface area contributed by atoms with E-state index >= 15 is 0 Å². The second kappa shape index (κ2) is 11.9. The largest absolute Gasteiger partial charge is 0.349 e. The molecule has 3 rings (SSSR count). The second-order valence-electron chi connectivity index (χ2n) is 8.50. The Hall–Kier alpha value is -4.01. The van der Waals surface area contributed by atoms with Crippen LogP contribution in [-0.2, 0) is 16.1 Å². The Kier molecular flexibility index (Phi) is 8.72. The van der Waals surface area contributed by atoms with Crippen LogP contribution in [0.2, 0.25) is 0 Å². The summed E-state index contributed by atoms with van der Waals surface area (Å²) in [6.07, 6.45) is 2.62. The molecule has 0 aliphatic heterocycles. The lowest BCUT2D eigenvalue weighted by atomic mass is 10.0. The molecule has 1 aromatic heterocycles. The quantitative estimate of drug-likeness (QED) is 0.323. The third-order valence-corrected chi connectivity index (χ3v) is 5.62. The first-order chi connectivity index (χ1) is 16.8. The molecule has 184 valence electrons. The predicted octanol–water partition coefficient (Wildman–Crippen LogP) is 2.92. The summed E-state index contributed by atoms with van der Waals surface area (Å²) in [6.45, 7) is 5.80. The maximum absolute atomic E-state index is 13.0.